The Bertz CT molecular complexity index is 1210. The smallest absolute Gasteiger partial charge is 0.252 e. The molecule has 34 heavy (non-hydrogen) atoms. The first-order chi connectivity index (χ1) is 16.4. The minimum atomic E-state index is -0.0948. The summed E-state index contributed by atoms with van der Waals surface area (Å²) < 4.78 is 13.3. The van der Waals surface area contributed by atoms with E-state index in [9.17, 15) is 4.79 Å². The maximum Gasteiger partial charge on any atom is 0.252 e. The lowest BCUT2D eigenvalue weighted by Gasteiger charge is -2.36. The second-order valence-electron chi connectivity index (χ2n) is 9.84. The fourth-order valence-corrected chi connectivity index (χ4v) is 5.09. The highest BCUT2D eigenvalue weighted by molar-refractivity contribution is 6.06. The van der Waals surface area contributed by atoms with Gasteiger partial charge in [-0.25, -0.2) is 9.67 Å². The molecular formula is C26H33N5O3. The predicted molar refractivity (Wildman–Crippen MR) is 132 cm³/mol. The molecule has 8 heteroatoms. The van der Waals surface area contributed by atoms with Crippen LogP contribution >= 0.6 is 0 Å². The van der Waals surface area contributed by atoms with Crippen LogP contribution in [0.4, 0.5) is 0 Å². The van der Waals surface area contributed by atoms with Gasteiger partial charge in [0.25, 0.3) is 5.91 Å². The van der Waals surface area contributed by atoms with Gasteiger partial charge in [-0.2, -0.15) is 5.10 Å². The summed E-state index contributed by atoms with van der Waals surface area (Å²) in [6, 6.07) is 7.77. The number of carbonyl (C=O) groups excluding carboxylic acids is 1. The number of amides is 1. The number of fused-ring (bicyclic) bond motifs is 2. The molecule has 5 rings (SSSR count). The molecule has 1 fully saturated rings. The normalized spacial score (nSPS) is 17.0. The summed E-state index contributed by atoms with van der Waals surface area (Å²) in [5.41, 5.74) is 2.89. The van der Waals surface area contributed by atoms with E-state index in [2.05, 4.69) is 43.3 Å². The summed E-state index contributed by atoms with van der Waals surface area (Å²) in [4.78, 5) is 20.7. The highest BCUT2D eigenvalue weighted by Gasteiger charge is 2.36. The topological polar surface area (TPSA) is 81.5 Å². The Morgan fingerprint density at radius 3 is 2.59 bits per heavy atom. The number of likely N-dealkylation sites (N-methyl/N-ethyl adjacent to an activating group) is 1. The quantitative estimate of drug-likeness (QED) is 0.594. The van der Waals surface area contributed by atoms with E-state index in [-0.39, 0.29) is 17.5 Å². The molecule has 0 saturated heterocycles. The van der Waals surface area contributed by atoms with E-state index in [1.165, 1.54) is 12.8 Å². The van der Waals surface area contributed by atoms with Crippen molar-refractivity contribution in [2.24, 2.45) is 0 Å². The largest absolute Gasteiger partial charge is 0.486 e. The van der Waals surface area contributed by atoms with Crippen LogP contribution in [0.15, 0.2) is 30.5 Å². The molecule has 1 saturated carbocycles. The maximum absolute atomic E-state index is 13.5. The second-order valence-corrected chi connectivity index (χ2v) is 9.84. The second kappa shape index (κ2) is 8.91. The van der Waals surface area contributed by atoms with Gasteiger partial charge in [0.2, 0.25) is 0 Å². The molecule has 2 aliphatic rings. The van der Waals surface area contributed by atoms with Gasteiger partial charge in [-0.3, -0.25) is 4.79 Å². The molecule has 1 aromatic carbocycles. The van der Waals surface area contributed by atoms with E-state index in [1.807, 2.05) is 28.9 Å². The summed E-state index contributed by atoms with van der Waals surface area (Å²) >= 11 is 0. The summed E-state index contributed by atoms with van der Waals surface area (Å²) in [5, 5.41) is 8.54. The number of ether oxygens (including phenoxy) is 2. The third-order valence-corrected chi connectivity index (χ3v) is 7.20. The highest BCUT2D eigenvalue weighted by Crippen LogP contribution is 2.36. The SMILES string of the molecule is CC(C)n1ncc2c(C(=O)NCC3(N(C)C)CCCC3)cc(-c3ccc4c(c3)OCCO4)nc21. The zero-order chi connectivity index (χ0) is 23.9. The van der Waals surface area contributed by atoms with Crippen LogP contribution in [-0.4, -0.2) is 65.0 Å². The van der Waals surface area contributed by atoms with Gasteiger partial charge in [-0.05, 0) is 65.0 Å². The van der Waals surface area contributed by atoms with Crippen LogP contribution < -0.4 is 14.8 Å². The highest BCUT2D eigenvalue weighted by atomic mass is 16.6. The molecule has 1 aliphatic heterocycles. The van der Waals surface area contributed by atoms with E-state index in [0.29, 0.717) is 42.4 Å². The minimum absolute atomic E-state index is 0.0165. The van der Waals surface area contributed by atoms with Crippen LogP contribution in [0, 0.1) is 0 Å². The van der Waals surface area contributed by atoms with Gasteiger partial charge >= 0.3 is 0 Å². The van der Waals surface area contributed by atoms with E-state index < -0.39 is 0 Å². The molecule has 1 amide bonds. The molecule has 0 radical (unpaired) electrons. The van der Waals surface area contributed by atoms with Crippen molar-refractivity contribution in [3.05, 3.63) is 36.0 Å². The van der Waals surface area contributed by atoms with Crippen molar-refractivity contribution in [2.45, 2.75) is 51.1 Å². The average molecular weight is 464 g/mol. The number of hydrogen-bond donors (Lipinski definition) is 1. The number of hydrogen-bond acceptors (Lipinski definition) is 6. The number of benzene rings is 1. The molecule has 0 unspecified atom stereocenters. The van der Waals surface area contributed by atoms with E-state index in [1.54, 1.807) is 6.20 Å². The maximum atomic E-state index is 13.5. The molecule has 0 atom stereocenters. The van der Waals surface area contributed by atoms with E-state index in [4.69, 9.17) is 14.5 Å². The van der Waals surface area contributed by atoms with E-state index >= 15 is 0 Å². The molecule has 2 aromatic heterocycles. The van der Waals surface area contributed by atoms with Crippen molar-refractivity contribution >= 4 is 16.9 Å². The Labute approximate surface area is 200 Å². The van der Waals surface area contributed by atoms with Crippen molar-refractivity contribution in [1.29, 1.82) is 0 Å². The number of carbonyl (C=O) groups is 1. The number of nitrogens with zero attached hydrogens (tertiary/aromatic N) is 4. The zero-order valence-electron chi connectivity index (χ0n) is 20.4. The Balaban J connectivity index is 1.54. The van der Waals surface area contributed by atoms with Crippen LogP contribution in [0.5, 0.6) is 11.5 Å². The van der Waals surface area contributed by atoms with Gasteiger partial charge in [0.15, 0.2) is 17.1 Å². The van der Waals surface area contributed by atoms with Gasteiger partial charge in [0, 0.05) is 23.7 Å². The lowest BCUT2D eigenvalue weighted by Crippen LogP contribution is -2.50. The third-order valence-electron chi connectivity index (χ3n) is 7.20. The summed E-state index contributed by atoms with van der Waals surface area (Å²) in [7, 11) is 4.21. The fraction of sp³-hybridized carbons (Fsp3) is 0.500. The summed E-state index contributed by atoms with van der Waals surface area (Å²) in [6.07, 6.45) is 6.34. The van der Waals surface area contributed by atoms with Crippen molar-refractivity contribution in [1.82, 2.24) is 25.0 Å². The number of nitrogens with one attached hydrogen (secondary N) is 1. The standard InChI is InChI=1S/C26H33N5O3/c1-17(2)31-24-20(15-28-31)19(25(32)27-16-26(30(3)4)9-5-6-10-26)14-21(29-24)18-7-8-22-23(13-18)34-12-11-33-22/h7-8,13-15,17H,5-6,9-12,16H2,1-4H3,(H,27,32). The zero-order valence-corrected chi connectivity index (χ0v) is 20.4. The van der Waals surface area contributed by atoms with Gasteiger partial charge in [-0.1, -0.05) is 12.8 Å². The number of pyridine rings is 1. The van der Waals surface area contributed by atoms with Gasteiger partial charge in [-0.15, -0.1) is 0 Å². The fourth-order valence-electron chi connectivity index (χ4n) is 5.09. The minimum Gasteiger partial charge on any atom is -0.486 e. The lowest BCUT2D eigenvalue weighted by molar-refractivity contribution is 0.0901. The molecule has 3 heterocycles. The van der Waals surface area contributed by atoms with Crippen LogP contribution in [0.3, 0.4) is 0 Å². The van der Waals surface area contributed by atoms with Gasteiger partial charge in [0.1, 0.15) is 13.2 Å². The van der Waals surface area contributed by atoms with Crippen LogP contribution in [0.25, 0.3) is 22.3 Å². The molecule has 0 spiro atoms. The van der Waals surface area contributed by atoms with Crippen LogP contribution in [0.2, 0.25) is 0 Å². The predicted octanol–water partition coefficient (Wildman–Crippen LogP) is 4.05. The van der Waals surface area contributed by atoms with Crippen LogP contribution in [0.1, 0.15) is 55.9 Å². The number of aromatic nitrogens is 3. The first-order valence-corrected chi connectivity index (χ1v) is 12.1. The lowest BCUT2D eigenvalue weighted by atomic mass is 9.95. The summed E-state index contributed by atoms with van der Waals surface area (Å²) in [6.45, 7) is 5.81. The molecule has 8 nitrogen and oxygen atoms in total. The monoisotopic (exact) mass is 463 g/mol. The van der Waals surface area contributed by atoms with Gasteiger partial charge < -0.3 is 19.7 Å². The first kappa shape index (κ1) is 22.7. The molecule has 1 N–H and O–H groups in total. The van der Waals surface area contributed by atoms with Crippen LogP contribution in [-0.2, 0) is 0 Å². The Hall–Kier alpha value is -3.13. The Kier molecular flexibility index (Phi) is 5.93. The molecule has 0 bridgehead atoms. The first-order valence-electron chi connectivity index (χ1n) is 12.1. The molecule has 3 aromatic rings. The van der Waals surface area contributed by atoms with Crippen molar-refractivity contribution in [3.63, 3.8) is 0 Å². The van der Waals surface area contributed by atoms with Crippen molar-refractivity contribution in [3.8, 4) is 22.8 Å². The molecular weight excluding hydrogens is 430 g/mol. The Morgan fingerprint density at radius 1 is 1.15 bits per heavy atom. The average Bonchev–Trinajstić information content (AvgIpc) is 3.49. The number of rotatable bonds is 6. The third kappa shape index (κ3) is 4.00. The molecule has 1 aliphatic carbocycles. The van der Waals surface area contributed by atoms with E-state index in [0.717, 1.165) is 29.5 Å². The van der Waals surface area contributed by atoms with Crippen molar-refractivity contribution in [2.75, 3.05) is 33.9 Å². The Morgan fingerprint density at radius 2 is 1.88 bits per heavy atom. The van der Waals surface area contributed by atoms with Crippen molar-refractivity contribution < 1.29 is 14.3 Å². The van der Waals surface area contributed by atoms with Gasteiger partial charge in [0.05, 0.1) is 22.8 Å². The summed E-state index contributed by atoms with van der Waals surface area (Å²) in [5.74, 6) is 1.33. The molecule has 180 valence electrons.